The fraction of sp³-hybridized carbons (Fsp3) is 1.00. The number of ether oxygens (including phenoxy) is 1. The largest absolute Gasteiger partial charge is 0.372 e. The topological polar surface area (TPSA) is 77.5 Å². The first-order valence-corrected chi connectivity index (χ1v) is 18.0. The maximum absolute atomic E-state index is 12.7. The molecule has 0 aromatic rings. The van der Waals surface area contributed by atoms with E-state index in [-0.39, 0.29) is 23.7 Å². The second-order valence-electron chi connectivity index (χ2n) is 12.1. The molecule has 2 saturated heterocycles. The van der Waals surface area contributed by atoms with Gasteiger partial charge in [-0.15, -0.1) is 0 Å². The lowest BCUT2D eigenvalue weighted by Gasteiger charge is -2.26. The van der Waals surface area contributed by atoms with Crippen LogP contribution in [0.2, 0.25) is 0 Å². The molecule has 208 valence electrons. The van der Waals surface area contributed by atoms with Crippen LogP contribution in [0.15, 0.2) is 0 Å². The van der Waals surface area contributed by atoms with E-state index < -0.39 is 30.2 Å². The highest BCUT2D eigenvalue weighted by molar-refractivity contribution is 7.92. The quantitative estimate of drug-likeness (QED) is 0.179. The molecule has 0 aromatic carbocycles. The molecular formula is C28H54O5S2. The molecule has 2 aliphatic rings. The molecule has 7 heteroatoms. The van der Waals surface area contributed by atoms with E-state index in [4.69, 9.17) is 4.74 Å². The highest BCUT2D eigenvalue weighted by Gasteiger charge is 2.46. The molecule has 0 radical (unpaired) electrons. The second-order valence-corrected chi connectivity index (χ2v) is 16.8. The molecule has 0 aliphatic carbocycles. The highest BCUT2D eigenvalue weighted by Crippen LogP contribution is 2.34. The summed E-state index contributed by atoms with van der Waals surface area (Å²) in [6.07, 6.45) is 15.4. The van der Waals surface area contributed by atoms with E-state index in [0.29, 0.717) is 25.7 Å². The molecule has 2 aliphatic heterocycles. The third-order valence-corrected chi connectivity index (χ3v) is 12.5. The molecule has 4 unspecified atom stereocenters. The summed E-state index contributed by atoms with van der Waals surface area (Å²) in [4.78, 5) is 0. The first-order chi connectivity index (χ1) is 16.5. The first-order valence-electron chi connectivity index (χ1n) is 14.6. The molecular weight excluding hydrogens is 480 g/mol. The number of hydrogen-bond donors (Lipinski definition) is 0. The number of unbranched alkanes of at least 4 members (excludes halogenated alkanes) is 8. The van der Waals surface area contributed by atoms with Crippen LogP contribution < -0.4 is 0 Å². The lowest BCUT2D eigenvalue weighted by Crippen LogP contribution is -2.36. The van der Waals surface area contributed by atoms with Gasteiger partial charge in [0.25, 0.3) is 0 Å². The Kier molecular flexibility index (Phi) is 13.6. The van der Waals surface area contributed by atoms with Crippen molar-refractivity contribution in [2.45, 2.75) is 153 Å². The van der Waals surface area contributed by atoms with Crippen molar-refractivity contribution in [3.63, 3.8) is 0 Å². The minimum Gasteiger partial charge on any atom is -0.372 e. The number of sulfone groups is 2. The highest BCUT2D eigenvalue weighted by atomic mass is 32.2. The van der Waals surface area contributed by atoms with Crippen molar-refractivity contribution in [1.82, 2.24) is 0 Å². The van der Waals surface area contributed by atoms with E-state index in [0.717, 1.165) is 50.4 Å². The second kappa shape index (κ2) is 15.3. The average Bonchev–Trinajstić information content (AvgIpc) is 3.21. The van der Waals surface area contributed by atoms with Crippen LogP contribution in [0.25, 0.3) is 0 Å². The van der Waals surface area contributed by atoms with Crippen molar-refractivity contribution >= 4 is 19.7 Å². The monoisotopic (exact) mass is 534 g/mol. The van der Waals surface area contributed by atoms with Gasteiger partial charge >= 0.3 is 0 Å². The predicted molar refractivity (Wildman–Crippen MR) is 147 cm³/mol. The zero-order chi connectivity index (χ0) is 25.9. The summed E-state index contributed by atoms with van der Waals surface area (Å²) in [7, 11) is -6.29. The van der Waals surface area contributed by atoms with Gasteiger partial charge in [-0.05, 0) is 37.5 Å². The van der Waals surface area contributed by atoms with Crippen molar-refractivity contribution in [1.29, 1.82) is 0 Å². The Morgan fingerprint density at radius 1 is 0.571 bits per heavy atom. The van der Waals surface area contributed by atoms with Crippen LogP contribution in [-0.2, 0) is 24.4 Å². The number of hydrogen-bond acceptors (Lipinski definition) is 5. The molecule has 0 bridgehead atoms. The minimum absolute atomic E-state index is 0.178. The zero-order valence-corrected chi connectivity index (χ0v) is 24.7. The average molecular weight is 535 g/mol. The summed E-state index contributed by atoms with van der Waals surface area (Å²) in [5, 5.41) is -0.911. The molecule has 0 N–H and O–H groups in total. The summed E-state index contributed by atoms with van der Waals surface area (Å²) in [6.45, 7) is 9.00. The molecule has 0 saturated carbocycles. The molecule has 0 amide bonds. The molecule has 5 nitrogen and oxygen atoms in total. The Labute approximate surface area is 217 Å². The molecule has 2 rings (SSSR count). The van der Waals surface area contributed by atoms with Gasteiger partial charge in [0.1, 0.15) is 0 Å². The third kappa shape index (κ3) is 11.0. The standard InChI is InChI=1S/C28H54O5S2/c1-23(2)15-11-7-5-9-13-17-27-25(19-21-34(27,29)30)33-26-20-22-35(31,32)28(26)18-14-10-6-8-12-16-24(3)4/h23-28H,5-22H2,1-4H3. The molecule has 2 heterocycles. The van der Waals surface area contributed by atoms with E-state index in [1.54, 1.807) is 0 Å². The Bertz CT molecular complexity index is 722. The Balaban J connectivity index is 1.79. The van der Waals surface area contributed by atoms with Crippen LogP contribution in [0, 0.1) is 11.8 Å². The summed E-state index contributed by atoms with van der Waals surface area (Å²) >= 11 is 0. The maximum atomic E-state index is 12.7. The Morgan fingerprint density at radius 3 is 1.29 bits per heavy atom. The third-order valence-electron chi connectivity index (χ3n) is 8.02. The lowest BCUT2D eigenvalue weighted by atomic mass is 10.0. The van der Waals surface area contributed by atoms with Gasteiger partial charge in [-0.3, -0.25) is 0 Å². The zero-order valence-electron chi connectivity index (χ0n) is 23.0. The SMILES string of the molecule is CC(C)CCCCCCCC1C(OC2CCS(=O)(=O)C2CCCCCCCC(C)C)CCS1(=O)=O. The van der Waals surface area contributed by atoms with Gasteiger partial charge in [-0.25, -0.2) is 16.8 Å². The summed E-state index contributed by atoms with van der Waals surface area (Å²) < 4.78 is 57.3. The normalized spacial score (nSPS) is 27.8. The lowest BCUT2D eigenvalue weighted by molar-refractivity contribution is -0.0122. The van der Waals surface area contributed by atoms with Crippen molar-refractivity contribution in [2.24, 2.45) is 11.8 Å². The van der Waals surface area contributed by atoms with E-state index in [1.807, 2.05) is 0 Å². The smallest absolute Gasteiger partial charge is 0.155 e. The van der Waals surface area contributed by atoms with Crippen LogP contribution in [0.3, 0.4) is 0 Å². The summed E-state index contributed by atoms with van der Waals surface area (Å²) in [5.41, 5.74) is 0. The van der Waals surface area contributed by atoms with Gasteiger partial charge in [0, 0.05) is 0 Å². The van der Waals surface area contributed by atoms with Gasteiger partial charge in [0.15, 0.2) is 19.7 Å². The van der Waals surface area contributed by atoms with E-state index in [2.05, 4.69) is 27.7 Å². The maximum Gasteiger partial charge on any atom is 0.155 e. The minimum atomic E-state index is -3.14. The molecule has 35 heavy (non-hydrogen) atoms. The van der Waals surface area contributed by atoms with E-state index >= 15 is 0 Å². The predicted octanol–water partition coefficient (Wildman–Crippen LogP) is 6.89. The Morgan fingerprint density at radius 2 is 0.914 bits per heavy atom. The van der Waals surface area contributed by atoms with Crippen molar-refractivity contribution in [3.05, 3.63) is 0 Å². The van der Waals surface area contributed by atoms with Gasteiger partial charge in [0.05, 0.1) is 34.2 Å². The van der Waals surface area contributed by atoms with E-state index in [1.165, 1.54) is 38.5 Å². The van der Waals surface area contributed by atoms with Crippen molar-refractivity contribution in [2.75, 3.05) is 11.5 Å². The van der Waals surface area contributed by atoms with Gasteiger partial charge in [-0.1, -0.05) is 105 Å². The molecule has 2 fully saturated rings. The molecule has 4 atom stereocenters. The van der Waals surface area contributed by atoms with Crippen LogP contribution in [-0.4, -0.2) is 51.0 Å². The van der Waals surface area contributed by atoms with Crippen molar-refractivity contribution < 1.29 is 21.6 Å². The Hall–Kier alpha value is -0.140. The number of rotatable bonds is 18. The van der Waals surface area contributed by atoms with Crippen LogP contribution in [0.4, 0.5) is 0 Å². The first kappa shape index (κ1) is 31.1. The van der Waals surface area contributed by atoms with Crippen LogP contribution in [0.1, 0.15) is 130 Å². The molecule has 0 spiro atoms. The van der Waals surface area contributed by atoms with E-state index in [9.17, 15) is 16.8 Å². The van der Waals surface area contributed by atoms with Crippen LogP contribution in [0.5, 0.6) is 0 Å². The van der Waals surface area contributed by atoms with Gasteiger partial charge in [0.2, 0.25) is 0 Å². The fourth-order valence-electron chi connectivity index (χ4n) is 5.82. The van der Waals surface area contributed by atoms with Crippen LogP contribution >= 0.6 is 0 Å². The summed E-state index contributed by atoms with van der Waals surface area (Å²) in [5.74, 6) is 1.85. The fourth-order valence-corrected chi connectivity index (χ4v) is 9.93. The molecule has 0 aromatic heterocycles. The van der Waals surface area contributed by atoms with Gasteiger partial charge in [-0.2, -0.15) is 0 Å². The van der Waals surface area contributed by atoms with Gasteiger partial charge < -0.3 is 4.74 Å². The van der Waals surface area contributed by atoms with Crippen molar-refractivity contribution in [3.8, 4) is 0 Å². The summed E-state index contributed by atoms with van der Waals surface area (Å²) in [6, 6.07) is 0.